The summed E-state index contributed by atoms with van der Waals surface area (Å²) in [6, 6.07) is 9.44. The second-order valence-corrected chi connectivity index (χ2v) is 8.48. The highest BCUT2D eigenvalue weighted by atomic mass is 35.5. The summed E-state index contributed by atoms with van der Waals surface area (Å²) in [6.07, 6.45) is 7.07. The average molecular weight is 460 g/mol. The van der Waals surface area contributed by atoms with Crippen molar-refractivity contribution in [3.8, 4) is 0 Å². The van der Waals surface area contributed by atoms with Crippen LogP contribution in [0.1, 0.15) is 67.6 Å². The Morgan fingerprint density at radius 1 is 1.16 bits per heavy atom. The number of carbonyl (C=O) groups excluding carboxylic acids is 3. The molecule has 3 amide bonds. The van der Waals surface area contributed by atoms with Gasteiger partial charge in [0.25, 0.3) is 5.91 Å². The van der Waals surface area contributed by atoms with Gasteiger partial charge in [0.2, 0.25) is 11.8 Å². The van der Waals surface area contributed by atoms with Gasteiger partial charge in [-0.15, -0.1) is 0 Å². The van der Waals surface area contributed by atoms with Crippen LogP contribution in [0.25, 0.3) is 0 Å². The predicted octanol–water partition coefficient (Wildman–Crippen LogP) is 4.09. The lowest BCUT2D eigenvalue weighted by molar-refractivity contribution is -0.140. The second kappa shape index (κ2) is 11.7. The minimum absolute atomic E-state index is 0.124. The van der Waals surface area contributed by atoms with Crippen LogP contribution in [0, 0.1) is 0 Å². The summed E-state index contributed by atoms with van der Waals surface area (Å²) in [5, 5.41) is 6.27. The molecule has 1 atom stereocenters. The molecular formula is C24H30ClN3O4. The maximum atomic E-state index is 13.4. The molecule has 1 saturated carbocycles. The largest absolute Gasteiger partial charge is 0.459 e. The van der Waals surface area contributed by atoms with Crippen molar-refractivity contribution in [2.45, 2.75) is 57.5 Å². The van der Waals surface area contributed by atoms with Gasteiger partial charge in [-0.25, -0.2) is 0 Å². The van der Waals surface area contributed by atoms with E-state index >= 15 is 0 Å². The molecule has 32 heavy (non-hydrogen) atoms. The monoisotopic (exact) mass is 459 g/mol. The molecule has 1 aromatic heterocycles. The number of rotatable bonds is 10. The fraction of sp³-hybridized carbons (Fsp3) is 0.458. The Morgan fingerprint density at radius 2 is 1.88 bits per heavy atom. The van der Waals surface area contributed by atoms with Gasteiger partial charge in [-0.05, 0) is 49.1 Å². The van der Waals surface area contributed by atoms with Gasteiger partial charge in [-0.1, -0.05) is 49.9 Å². The number of hydrogen-bond donors (Lipinski definition) is 2. The van der Waals surface area contributed by atoms with Gasteiger partial charge in [-0.3, -0.25) is 14.4 Å². The maximum Gasteiger partial charge on any atom is 0.287 e. The zero-order valence-corrected chi connectivity index (χ0v) is 19.1. The first-order valence-corrected chi connectivity index (χ1v) is 11.5. The molecule has 172 valence electrons. The second-order valence-electron chi connectivity index (χ2n) is 8.04. The fourth-order valence-corrected chi connectivity index (χ4v) is 4.07. The molecule has 1 aliphatic rings. The van der Waals surface area contributed by atoms with Gasteiger partial charge in [0.05, 0.1) is 12.8 Å². The van der Waals surface area contributed by atoms with Crippen LogP contribution >= 0.6 is 11.6 Å². The van der Waals surface area contributed by atoms with Crippen molar-refractivity contribution in [2.24, 2.45) is 0 Å². The van der Waals surface area contributed by atoms with Crippen LogP contribution in [0.5, 0.6) is 0 Å². The van der Waals surface area contributed by atoms with Gasteiger partial charge >= 0.3 is 0 Å². The average Bonchev–Trinajstić information content (AvgIpc) is 3.50. The zero-order chi connectivity index (χ0) is 22.9. The molecule has 0 radical (unpaired) electrons. The fourth-order valence-electron chi connectivity index (χ4n) is 3.95. The van der Waals surface area contributed by atoms with E-state index < -0.39 is 11.9 Å². The smallest absolute Gasteiger partial charge is 0.287 e. The van der Waals surface area contributed by atoms with Crippen molar-refractivity contribution in [3.05, 3.63) is 59.0 Å². The Balaban J connectivity index is 1.81. The first kappa shape index (κ1) is 23.9. The minimum atomic E-state index is -0.799. The highest BCUT2D eigenvalue weighted by Gasteiger charge is 2.33. The standard InChI is InChI=1S/C24H30ClN3O4/c1-2-3-14-28(21(29)16-26-23(30)20-9-6-15-32-20)22(17-10-12-18(25)13-11-17)24(31)27-19-7-4-5-8-19/h6,9-13,15,19,22H,2-5,7-8,14,16H2,1H3,(H,26,30)(H,27,31)/t22-/m1/s1. The van der Waals surface area contributed by atoms with E-state index in [4.69, 9.17) is 16.0 Å². The third kappa shape index (κ3) is 6.36. The number of nitrogens with one attached hydrogen (secondary N) is 2. The Bertz CT molecular complexity index is 892. The maximum absolute atomic E-state index is 13.4. The van der Waals surface area contributed by atoms with Crippen molar-refractivity contribution in [3.63, 3.8) is 0 Å². The minimum Gasteiger partial charge on any atom is -0.459 e. The highest BCUT2D eigenvalue weighted by molar-refractivity contribution is 6.30. The van der Waals surface area contributed by atoms with Crippen LogP contribution in [0.3, 0.4) is 0 Å². The summed E-state index contributed by atoms with van der Waals surface area (Å²) in [6.45, 7) is 2.19. The predicted molar refractivity (Wildman–Crippen MR) is 122 cm³/mol. The van der Waals surface area contributed by atoms with E-state index in [1.165, 1.54) is 12.3 Å². The third-order valence-electron chi connectivity index (χ3n) is 5.67. The lowest BCUT2D eigenvalue weighted by Crippen LogP contribution is -2.49. The molecule has 2 N–H and O–H groups in total. The zero-order valence-electron chi connectivity index (χ0n) is 18.3. The molecule has 8 heteroatoms. The van der Waals surface area contributed by atoms with E-state index in [2.05, 4.69) is 10.6 Å². The quantitative estimate of drug-likeness (QED) is 0.559. The lowest BCUT2D eigenvalue weighted by atomic mass is 10.0. The SMILES string of the molecule is CCCCN(C(=O)CNC(=O)c1ccco1)[C@@H](C(=O)NC1CCCC1)c1ccc(Cl)cc1. The number of hydrogen-bond acceptors (Lipinski definition) is 4. The van der Waals surface area contributed by atoms with Crippen LogP contribution in [-0.4, -0.2) is 41.8 Å². The number of nitrogens with zero attached hydrogens (tertiary/aromatic N) is 1. The van der Waals surface area contributed by atoms with Crippen LogP contribution < -0.4 is 10.6 Å². The molecule has 1 fully saturated rings. The Kier molecular flexibility index (Phi) is 8.73. The molecule has 0 aliphatic heterocycles. The van der Waals surface area contributed by atoms with Gasteiger partial charge < -0.3 is 20.0 Å². The molecular weight excluding hydrogens is 430 g/mol. The molecule has 1 aliphatic carbocycles. The van der Waals surface area contributed by atoms with E-state index in [0.717, 1.165) is 38.5 Å². The molecule has 0 bridgehead atoms. The third-order valence-corrected chi connectivity index (χ3v) is 5.92. The van der Waals surface area contributed by atoms with Crippen molar-refractivity contribution in [1.29, 1.82) is 0 Å². The van der Waals surface area contributed by atoms with E-state index in [1.807, 2.05) is 6.92 Å². The van der Waals surface area contributed by atoms with Gasteiger partial charge in [0.1, 0.15) is 6.04 Å². The van der Waals surface area contributed by atoms with E-state index in [9.17, 15) is 14.4 Å². The molecule has 0 unspecified atom stereocenters. The Morgan fingerprint density at radius 3 is 2.50 bits per heavy atom. The number of halogens is 1. The Labute approximate surface area is 193 Å². The van der Waals surface area contributed by atoms with Crippen LogP contribution in [0.15, 0.2) is 47.1 Å². The summed E-state index contributed by atoms with van der Waals surface area (Å²) in [5.74, 6) is -0.885. The van der Waals surface area contributed by atoms with E-state index in [-0.39, 0.29) is 30.2 Å². The van der Waals surface area contributed by atoms with Crippen molar-refractivity contribution in [1.82, 2.24) is 15.5 Å². The number of unbranched alkanes of at least 4 members (excludes halogenated alkanes) is 1. The topological polar surface area (TPSA) is 91.7 Å². The molecule has 7 nitrogen and oxygen atoms in total. The number of carbonyl (C=O) groups is 3. The summed E-state index contributed by atoms with van der Waals surface area (Å²) in [5.41, 5.74) is 0.687. The first-order chi connectivity index (χ1) is 15.5. The van der Waals surface area contributed by atoms with Crippen LogP contribution in [-0.2, 0) is 9.59 Å². The van der Waals surface area contributed by atoms with Crippen LogP contribution in [0.4, 0.5) is 0 Å². The molecule has 1 heterocycles. The van der Waals surface area contributed by atoms with E-state index in [1.54, 1.807) is 35.2 Å². The van der Waals surface area contributed by atoms with Crippen molar-refractivity contribution < 1.29 is 18.8 Å². The summed E-state index contributed by atoms with van der Waals surface area (Å²) >= 11 is 6.06. The number of amides is 3. The molecule has 2 aromatic rings. The van der Waals surface area contributed by atoms with Crippen molar-refractivity contribution in [2.75, 3.05) is 13.1 Å². The first-order valence-electron chi connectivity index (χ1n) is 11.2. The summed E-state index contributed by atoms with van der Waals surface area (Å²) in [7, 11) is 0. The molecule has 0 saturated heterocycles. The van der Waals surface area contributed by atoms with E-state index in [0.29, 0.717) is 17.1 Å². The number of furan rings is 1. The highest BCUT2D eigenvalue weighted by Crippen LogP contribution is 2.26. The van der Waals surface area contributed by atoms with Crippen molar-refractivity contribution >= 4 is 29.3 Å². The molecule has 3 rings (SSSR count). The number of benzene rings is 1. The summed E-state index contributed by atoms with van der Waals surface area (Å²) < 4.78 is 5.08. The summed E-state index contributed by atoms with van der Waals surface area (Å²) in [4.78, 5) is 40.4. The molecule has 0 spiro atoms. The van der Waals surface area contributed by atoms with Gasteiger partial charge in [0.15, 0.2) is 5.76 Å². The van der Waals surface area contributed by atoms with Gasteiger partial charge in [-0.2, -0.15) is 0 Å². The van der Waals surface area contributed by atoms with Gasteiger partial charge in [0, 0.05) is 17.6 Å². The normalized spacial score (nSPS) is 14.7. The molecule has 1 aromatic carbocycles. The lowest BCUT2D eigenvalue weighted by Gasteiger charge is -2.32. The Hall–Kier alpha value is -2.80. The van der Waals surface area contributed by atoms with Crippen LogP contribution in [0.2, 0.25) is 5.02 Å².